The van der Waals surface area contributed by atoms with Crippen molar-refractivity contribution in [2.75, 3.05) is 37.7 Å². The normalized spacial score (nSPS) is 26.3. The first-order valence-corrected chi connectivity index (χ1v) is 16.3. The van der Waals surface area contributed by atoms with Crippen molar-refractivity contribution in [2.24, 2.45) is 0 Å². The summed E-state index contributed by atoms with van der Waals surface area (Å²) in [6.45, 7) is 4.65. The predicted octanol–water partition coefficient (Wildman–Crippen LogP) is 6.55. The van der Waals surface area contributed by atoms with Crippen LogP contribution in [0.4, 0.5) is 19.0 Å². The molecule has 0 aliphatic carbocycles. The molecule has 4 atom stereocenters. The Hall–Kier alpha value is -3.34. The van der Waals surface area contributed by atoms with E-state index >= 15 is 8.78 Å². The van der Waals surface area contributed by atoms with Crippen molar-refractivity contribution >= 4 is 39.1 Å². The lowest BCUT2D eigenvalue weighted by molar-refractivity contribution is 0.107. The Bertz CT molecular complexity index is 1830. The fraction of sp³-hybridized carbons (Fsp3) is 0.471. The van der Waals surface area contributed by atoms with Crippen LogP contribution in [0.2, 0.25) is 5.02 Å². The fourth-order valence-corrected chi connectivity index (χ4v) is 8.67. The predicted molar refractivity (Wildman–Crippen MR) is 169 cm³/mol. The first kappa shape index (κ1) is 29.1. The lowest BCUT2D eigenvalue weighted by Crippen LogP contribution is -2.51. The minimum atomic E-state index is -0.907. The van der Waals surface area contributed by atoms with E-state index in [-0.39, 0.29) is 40.0 Å². The zero-order chi connectivity index (χ0) is 31.0. The third-order valence-electron chi connectivity index (χ3n) is 10.4. The van der Waals surface area contributed by atoms with Gasteiger partial charge in [-0.1, -0.05) is 24.6 Å². The molecule has 7 nitrogen and oxygen atoms in total. The SMILES string of the molecule is CCc1c(F)ccc2cc(O)cc(-c3c(Cl)cc4c(N5CC6CCC(C5)N6)nc(OC[C@]56CCCN5C[C@H](F)C6)nc4c3F)c12. The van der Waals surface area contributed by atoms with Gasteiger partial charge in [0.2, 0.25) is 0 Å². The highest BCUT2D eigenvalue weighted by molar-refractivity contribution is 6.35. The first-order valence-electron chi connectivity index (χ1n) is 15.9. The third-order valence-corrected chi connectivity index (χ3v) is 10.7. The van der Waals surface area contributed by atoms with Gasteiger partial charge in [0, 0.05) is 49.1 Å². The largest absolute Gasteiger partial charge is 0.508 e. The molecule has 3 aromatic carbocycles. The van der Waals surface area contributed by atoms with Crippen LogP contribution in [-0.4, -0.2) is 76.6 Å². The molecule has 4 fully saturated rings. The average molecular weight is 638 g/mol. The number of rotatable bonds is 6. The molecule has 1 aromatic heterocycles. The van der Waals surface area contributed by atoms with Crippen LogP contribution in [0.5, 0.6) is 11.8 Å². The van der Waals surface area contributed by atoms with Gasteiger partial charge in [0.1, 0.15) is 35.7 Å². The minimum absolute atomic E-state index is 0.0259. The summed E-state index contributed by atoms with van der Waals surface area (Å²) in [5.74, 6) is -0.663. The van der Waals surface area contributed by atoms with E-state index in [0.29, 0.717) is 72.1 Å². The van der Waals surface area contributed by atoms with Gasteiger partial charge in [0.25, 0.3) is 0 Å². The van der Waals surface area contributed by atoms with Crippen LogP contribution in [0.25, 0.3) is 32.8 Å². The second-order valence-electron chi connectivity index (χ2n) is 13.2. The number of aromatic hydroxyl groups is 1. The monoisotopic (exact) mass is 637 g/mol. The summed E-state index contributed by atoms with van der Waals surface area (Å²) in [6, 6.07) is 8.17. The molecule has 2 unspecified atom stereocenters. The maximum absolute atomic E-state index is 17.0. The van der Waals surface area contributed by atoms with E-state index in [9.17, 15) is 9.50 Å². The van der Waals surface area contributed by atoms with Gasteiger partial charge >= 0.3 is 6.01 Å². The highest BCUT2D eigenvalue weighted by atomic mass is 35.5. The quantitative estimate of drug-likeness (QED) is 0.249. The second-order valence-corrected chi connectivity index (χ2v) is 13.6. The Morgan fingerprint density at radius 2 is 1.91 bits per heavy atom. The van der Waals surface area contributed by atoms with Gasteiger partial charge in [0.15, 0.2) is 5.82 Å². The number of nitrogens with one attached hydrogen (secondary N) is 1. The van der Waals surface area contributed by atoms with Gasteiger partial charge in [-0.05, 0) is 84.8 Å². The van der Waals surface area contributed by atoms with Gasteiger partial charge in [-0.3, -0.25) is 4.90 Å². The number of alkyl halides is 1. The number of hydrogen-bond acceptors (Lipinski definition) is 7. The Balaban J connectivity index is 1.30. The molecule has 2 bridgehead atoms. The van der Waals surface area contributed by atoms with Crippen molar-refractivity contribution in [3.05, 3.63) is 52.6 Å². The number of fused-ring (bicyclic) bond motifs is 5. The van der Waals surface area contributed by atoms with Crippen molar-refractivity contribution in [3.8, 4) is 22.9 Å². The zero-order valence-electron chi connectivity index (χ0n) is 25.1. The Morgan fingerprint density at radius 3 is 2.69 bits per heavy atom. The Kier molecular flexibility index (Phi) is 7.03. The molecule has 2 N–H and O–H groups in total. The van der Waals surface area contributed by atoms with Crippen molar-refractivity contribution in [2.45, 2.75) is 69.2 Å². The molecule has 4 aliphatic heterocycles. The number of anilines is 1. The molecule has 236 valence electrons. The average Bonchev–Trinajstić information content (AvgIpc) is 3.66. The molecular weight excluding hydrogens is 603 g/mol. The van der Waals surface area contributed by atoms with E-state index < -0.39 is 23.3 Å². The summed E-state index contributed by atoms with van der Waals surface area (Å²) in [4.78, 5) is 13.7. The van der Waals surface area contributed by atoms with E-state index in [1.165, 1.54) is 18.2 Å². The smallest absolute Gasteiger partial charge is 0.319 e. The number of halogens is 4. The molecule has 45 heavy (non-hydrogen) atoms. The standard InChI is InChI=1S/C34H35ClF3N5O2/c1-2-23-27(37)7-4-18-10-22(44)11-24(28(18)23)29-26(35)12-25-31(30(29)38)40-33(41-32(25)42-15-20-5-6-21(16-42)39-20)45-17-34-8-3-9-43(34)14-19(36)13-34/h4,7,10-12,19-21,39,44H,2-3,5-6,8-9,13-17H2,1H3/t19-,20?,21?,34-/m1/s1. The highest BCUT2D eigenvalue weighted by Gasteiger charge is 2.49. The molecule has 8 rings (SSSR count). The molecular formula is C34H35ClF3N5O2. The van der Waals surface area contributed by atoms with Crippen LogP contribution in [-0.2, 0) is 6.42 Å². The van der Waals surface area contributed by atoms with Crippen molar-refractivity contribution in [1.82, 2.24) is 20.2 Å². The van der Waals surface area contributed by atoms with Crippen LogP contribution in [0, 0.1) is 11.6 Å². The topological polar surface area (TPSA) is 73.8 Å². The number of benzene rings is 3. The van der Waals surface area contributed by atoms with Gasteiger partial charge in [-0.25, -0.2) is 13.2 Å². The summed E-state index contributed by atoms with van der Waals surface area (Å²) in [7, 11) is 0. The molecule has 0 amide bonds. The number of piperazine rings is 1. The van der Waals surface area contributed by atoms with Crippen molar-refractivity contribution < 1.29 is 23.0 Å². The maximum Gasteiger partial charge on any atom is 0.319 e. The summed E-state index contributed by atoms with van der Waals surface area (Å²) in [6.07, 6.45) is 3.75. The Labute approximate surface area is 264 Å². The van der Waals surface area contributed by atoms with Gasteiger partial charge in [-0.15, -0.1) is 0 Å². The van der Waals surface area contributed by atoms with E-state index in [1.54, 1.807) is 12.1 Å². The van der Waals surface area contributed by atoms with E-state index in [2.05, 4.69) is 20.1 Å². The van der Waals surface area contributed by atoms with Crippen molar-refractivity contribution in [1.29, 1.82) is 0 Å². The molecule has 4 aromatic rings. The molecule has 11 heteroatoms. The van der Waals surface area contributed by atoms with Gasteiger partial charge in [-0.2, -0.15) is 9.97 Å². The van der Waals surface area contributed by atoms with Crippen LogP contribution >= 0.6 is 11.6 Å². The summed E-state index contributed by atoms with van der Waals surface area (Å²) in [5, 5.41) is 15.9. The number of hydrogen-bond donors (Lipinski definition) is 2. The Morgan fingerprint density at radius 1 is 1.11 bits per heavy atom. The summed E-state index contributed by atoms with van der Waals surface area (Å²) >= 11 is 6.90. The number of aryl methyl sites for hydroxylation is 1. The lowest BCUT2D eigenvalue weighted by atomic mass is 9.92. The number of phenols is 1. The molecule has 4 saturated heterocycles. The molecule has 4 aliphatic rings. The third kappa shape index (κ3) is 4.79. The fourth-order valence-electron chi connectivity index (χ4n) is 8.37. The van der Waals surface area contributed by atoms with E-state index in [0.717, 1.165) is 32.2 Å². The number of aromatic nitrogens is 2. The number of nitrogens with zero attached hydrogens (tertiary/aromatic N) is 4. The van der Waals surface area contributed by atoms with Gasteiger partial charge < -0.3 is 20.1 Å². The van der Waals surface area contributed by atoms with Crippen molar-refractivity contribution in [3.63, 3.8) is 0 Å². The zero-order valence-corrected chi connectivity index (χ0v) is 25.8. The maximum atomic E-state index is 17.0. The van der Waals surface area contributed by atoms with E-state index in [4.69, 9.17) is 21.3 Å². The molecule has 0 saturated carbocycles. The minimum Gasteiger partial charge on any atom is -0.508 e. The second kappa shape index (κ2) is 10.9. The molecule has 0 spiro atoms. The first-order chi connectivity index (χ1) is 21.7. The highest BCUT2D eigenvalue weighted by Crippen LogP contribution is 2.45. The van der Waals surface area contributed by atoms with Crippen LogP contribution in [0.1, 0.15) is 44.6 Å². The lowest BCUT2D eigenvalue weighted by Gasteiger charge is -2.34. The molecule has 5 heterocycles. The van der Waals surface area contributed by atoms with E-state index in [1.807, 2.05) is 6.92 Å². The summed E-state index contributed by atoms with van der Waals surface area (Å²) < 4.78 is 52.8. The molecule has 0 radical (unpaired) electrons. The van der Waals surface area contributed by atoms with Gasteiger partial charge in [0.05, 0.1) is 10.6 Å². The van der Waals surface area contributed by atoms with Crippen LogP contribution < -0.4 is 15.0 Å². The summed E-state index contributed by atoms with van der Waals surface area (Å²) in [5.41, 5.74) is 0.329. The van der Waals surface area contributed by atoms with Crippen LogP contribution in [0.3, 0.4) is 0 Å². The number of phenolic OH excluding ortho intramolecular Hbond substituents is 1. The van der Waals surface area contributed by atoms with Crippen LogP contribution in [0.15, 0.2) is 30.3 Å². The number of ether oxygens (including phenoxy) is 1.